The van der Waals surface area contributed by atoms with Crippen molar-refractivity contribution in [2.45, 2.75) is 45.7 Å². The zero-order valence-electron chi connectivity index (χ0n) is 12.8. The monoisotopic (exact) mass is 264 g/mol. The molecule has 2 unspecified atom stereocenters. The van der Waals surface area contributed by atoms with E-state index in [9.17, 15) is 0 Å². The minimum atomic E-state index is 0.440. The first-order valence-corrected chi connectivity index (χ1v) is 7.58. The fourth-order valence-corrected chi connectivity index (χ4v) is 3.12. The summed E-state index contributed by atoms with van der Waals surface area (Å²) in [6.07, 6.45) is 6.91. The Morgan fingerprint density at radius 2 is 2.26 bits per heavy atom. The van der Waals surface area contributed by atoms with Crippen LogP contribution in [0.25, 0.3) is 0 Å². The van der Waals surface area contributed by atoms with Crippen molar-refractivity contribution >= 4 is 0 Å². The van der Waals surface area contributed by atoms with Gasteiger partial charge in [0.15, 0.2) is 0 Å². The first-order chi connectivity index (χ1) is 9.13. The van der Waals surface area contributed by atoms with Gasteiger partial charge in [-0.3, -0.25) is 9.58 Å². The standard InChI is InChI=1S/C15H28N4/c1-5-16-9-13-7-6-8-18(4)15(13)14-10-17-19(11-14)12(2)3/h10-13,15-16H,5-9H2,1-4H3. The molecule has 0 amide bonds. The highest BCUT2D eigenvalue weighted by atomic mass is 15.3. The van der Waals surface area contributed by atoms with E-state index in [0.29, 0.717) is 18.0 Å². The zero-order chi connectivity index (χ0) is 13.8. The predicted molar refractivity (Wildman–Crippen MR) is 79.3 cm³/mol. The Kier molecular flexibility index (Phi) is 4.99. The predicted octanol–water partition coefficient (Wildman–Crippen LogP) is 2.46. The van der Waals surface area contributed by atoms with Crippen LogP contribution in [0.4, 0.5) is 0 Å². The Morgan fingerprint density at radius 1 is 1.47 bits per heavy atom. The van der Waals surface area contributed by atoms with Gasteiger partial charge in [0.05, 0.1) is 6.20 Å². The lowest BCUT2D eigenvalue weighted by molar-refractivity contribution is 0.120. The minimum absolute atomic E-state index is 0.440. The number of nitrogens with one attached hydrogen (secondary N) is 1. The molecule has 1 aromatic rings. The number of rotatable bonds is 5. The molecule has 2 heterocycles. The van der Waals surface area contributed by atoms with E-state index in [1.54, 1.807) is 0 Å². The van der Waals surface area contributed by atoms with Crippen molar-refractivity contribution in [1.29, 1.82) is 0 Å². The molecule has 2 rings (SSSR count). The molecule has 19 heavy (non-hydrogen) atoms. The van der Waals surface area contributed by atoms with Gasteiger partial charge in [-0.1, -0.05) is 6.92 Å². The molecule has 1 N–H and O–H groups in total. The van der Waals surface area contributed by atoms with Gasteiger partial charge in [-0.25, -0.2) is 0 Å². The summed E-state index contributed by atoms with van der Waals surface area (Å²) in [5.41, 5.74) is 1.37. The maximum absolute atomic E-state index is 4.51. The molecule has 0 saturated carbocycles. The lowest BCUT2D eigenvalue weighted by atomic mass is 9.86. The van der Waals surface area contributed by atoms with E-state index in [4.69, 9.17) is 0 Å². The Bertz CT molecular complexity index is 385. The molecule has 1 aliphatic rings. The van der Waals surface area contributed by atoms with E-state index >= 15 is 0 Å². The van der Waals surface area contributed by atoms with Gasteiger partial charge in [-0.05, 0) is 59.3 Å². The topological polar surface area (TPSA) is 33.1 Å². The lowest BCUT2D eigenvalue weighted by Gasteiger charge is -2.39. The van der Waals surface area contributed by atoms with Gasteiger partial charge in [0.25, 0.3) is 0 Å². The molecule has 4 nitrogen and oxygen atoms in total. The summed E-state index contributed by atoms with van der Waals surface area (Å²) in [6, 6.07) is 0.954. The van der Waals surface area contributed by atoms with Gasteiger partial charge in [0, 0.05) is 23.8 Å². The van der Waals surface area contributed by atoms with Gasteiger partial charge >= 0.3 is 0 Å². The summed E-state index contributed by atoms with van der Waals surface area (Å²) in [4.78, 5) is 2.49. The van der Waals surface area contributed by atoms with Gasteiger partial charge in [-0.2, -0.15) is 5.10 Å². The van der Waals surface area contributed by atoms with Crippen LogP contribution in [0.5, 0.6) is 0 Å². The molecule has 108 valence electrons. The summed E-state index contributed by atoms with van der Waals surface area (Å²) in [5.74, 6) is 0.698. The SMILES string of the molecule is CCNCC1CCCN(C)C1c1cnn(C(C)C)c1. The van der Waals surface area contributed by atoms with E-state index < -0.39 is 0 Å². The van der Waals surface area contributed by atoms with Crippen molar-refractivity contribution in [3.8, 4) is 0 Å². The Labute approximate surface area is 117 Å². The molecular formula is C15H28N4. The van der Waals surface area contributed by atoms with Crippen LogP contribution in [0.2, 0.25) is 0 Å². The molecule has 0 radical (unpaired) electrons. The Balaban J connectivity index is 2.15. The van der Waals surface area contributed by atoms with Gasteiger partial charge < -0.3 is 5.32 Å². The van der Waals surface area contributed by atoms with Gasteiger partial charge in [0.2, 0.25) is 0 Å². The van der Waals surface area contributed by atoms with Crippen molar-refractivity contribution in [2.24, 2.45) is 5.92 Å². The minimum Gasteiger partial charge on any atom is -0.317 e. The highest BCUT2D eigenvalue weighted by Gasteiger charge is 2.31. The molecule has 4 heteroatoms. The van der Waals surface area contributed by atoms with Crippen molar-refractivity contribution in [3.05, 3.63) is 18.0 Å². The molecule has 0 aromatic carbocycles. The van der Waals surface area contributed by atoms with Crippen LogP contribution in [0.1, 0.15) is 51.3 Å². The third kappa shape index (κ3) is 3.37. The average molecular weight is 264 g/mol. The third-order valence-electron chi connectivity index (χ3n) is 4.16. The van der Waals surface area contributed by atoms with Crippen molar-refractivity contribution in [1.82, 2.24) is 20.0 Å². The highest BCUT2D eigenvalue weighted by Crippen LogP contribution is 2.34. The quantitative estimate of drug-likeness (QED) is 0.887. The smallest absolute Gasteiger partial charge is 0.0537 e. The van der Waals surface area contributed by atoms with Gasteiger partial charge in [0.1, 0.15) is 0 Å². The molecule has 0 spiro atoms. The molecule has 1 aliphatic heterocycles. The second-order valence-corrected chi connectivity index (χ2v) is 5.98. The van der Waals surface area contributed by atoms with E-state index in [-0.39, 0.29) is 0 Å². The Hall–Kier alpha value is -0.870. The van der Waals surface area contributed by atoms with Crippen LogP contribution >= 0.6 is 0 Å². The van der Waals surface area contributed by atoms with Crippen molar-refractivity contribution in [3.63, 3.8) is 0 Å². The van der Waals surface area contributed by atoms with Crippen molar-refractivity contribution < 1.29 is 0 Å². The largest absolute Gasteiger partial charge is 0.317 e. The first kappa shape index (κ1) is 14.5. The van der Waals surface area contributed by atoms with Crippen LogP contribution in [0.3, 0.4) is 0 Å². The summed E-state index contributed by atoms with van der Waals surface area (Å²) in [7, 11) is 2.25. The maximum atomic E-state index is 4.51. The second kappa shape index (κ2) is 6.53. The second-order valence-electron chi connectivity index (χ2n) is 5.98. The highest BCUT2D eigenvalue weighted by molar-refractivity contribution is 5.13. The number of aromatic nitrogens is 2. The summed E-state index contributed by atoms with van der Waals surface area (Å²) in [5, 5.41) is 8.02. The molecule has 2 atom stereocenters. The fraction of sp³-hybridized carbons (Fsp3) is 0.800. The lowest BCUT2D eigenvalue weighted by Crippen LogP contribution is -2.40. The number of hydrogen-bond donors (Lipinski definition) is 1. The summed E-state index contributed by atoms with van der Waals surface area (Å²) in [6.45, 7) is 9.89. The fourth-order valence-electron chi connectivity index (χ4n) is 3.12. The summed E-state index contributed by atoms with van der Waals surface area (Å²) >= 11 is 0. The maximum Gasteiger partial charge on any atom is 0.0537 e. The van der Waals surface area contributed by atoms with Crippen LogP contribution in [-0.2, 0) is 0 Å². The third-order valence-corrected chi connectivity index (χ3v) is 4.16. The van der Waals surface area contributed by atoms with Crippen molar-refractivity contribution in [2.75, 3.05) is 26.7 Å². The number of nitrogens with zero attached hydrogens (tertiary/aromatic N) is 3. The van der Waals surface area contributed by atoms with E-state index in [0.717, 1.165) is 13.1 Å². The number of piperidine rings is 1. The summed E-state index contributed by atoms with van der Waals surface area (Å²) < 4.78 is 2.07. The van der Waals surface area contributed by atoms with Crippen LogP contribution in [0.15, 0.2) is 12.4 Å². The molecule has 0 aliphatic carbocycles. The van der Waals surface area contributed by atoms with Gasteiger partial charge in [-0.15, -0.1) is 0 Å². The van der Waals surface area contributed by atoms with Crippen LogP contribution in [0, 0.1) is 5.92 Å². The van der Waals surface area contributed by atoms with E-state index in [2.05, 4.69) is 60.2 Å². The first-order valence-electron chi connectivity index (χ1n) is 7.58. The Morgan fingerprint density at radius 3 is 2.89 bits per heavy atom. The van der Waals surface area contributed by atoms with Crippen LogP contribution in [-0.4, -0.2) is 41.4 Å². The van der Waals surface area contributed by atoms with E-state index in [1.165, 1.54) is 24.9 Å². The zero-order valence-corrected chi connectivity index (χ0v) is 12.8. The average Bonchev–Trinajstić information content (AvgIpc) is 2.85. The van der Waals surface area contributed by atoms with Crippen LogP contribution < -0.4 is 5.32 Å². The molecular weight excluding hydrogens is 236 g/mol. The molecule has 1 aromatic heterocycles. The molecule has 1 saturated heterocycles. The molecule has 1 fully saturated rings. The normalized spacial score (nSPS) is 25.1. The number of hydrogen-bond acceptors (Lipinski definition) is 3. The number of likely N-dealkylation sites (tertiary alicyclic amines) is 1. The molecule has 0 bridgehead atoms. The van der Waals surface area contributed by atoms with E-state index in [1.807, 2.05) is 0 Å².